The molecule has 1 aliphatic rings. The number of hydrogen-bond donors (Lipinski definition) is 1. The van der Waals surface area contributed by atoms with Gasteiger partial charge in [0.2, 0.25) is 0 Å². The van der Waals surface area contributed by atoms with Crippen molar-refractivity contribution in [3.8, 4) is 23.0 Å². The topological polar surface area (TPSA) is 76.6 Å². The number of pyridine rings is 2. The molecule has 0 unspecified atom stereocenters. The second kappa shape index (κ2) is 11.7. The maximum Gasteiger partial charge on any atom is 0.255 e. The second-order valence-corrected chi connectivity index (χ2v) is 10.2. The second-order valence-electron chi connectivity index (χ2n) is 10.2. The maximum absolute atomic E-state index is 15.0. The van der Waals surface area contributed by atoms with Gasteiger partial charge in [-0.15, -0.1) is 0 Å². The van der Waals surface area contributed by atoms with Gasteiger partial charge >= 0.3 is 0 Å². The number of methoxy groups -OCH3 is 1. The van der Waals surface area contributed by atoms with Crippen LogP contribution in [0.2, 0.25) is 0 Å². The molecule has 0 spiro atoms. The van der Waals surface area contributed by atoms with Gasteiger partial charge in [-0.3, -0.25) is 9.78 Å². The zero-order valence-corrected chi connectivity index (χ0v) is 22.5. The molecule has 38 heavy (non-hydrogen) atoms. The summed E-state index contributed by atoms with van der Waals surface area (Å²) in [6, 6.07) is 8.46. The van der Waals surface area contributed by atoms with Crippen LogP contribution >= 0.6 is 0 Å². The molecule has 1 aliphatic heterocycles. The minimum atomic E-state index is -0.506. The van der Waals surface area contributed by atoms with Crippen LogP contribution in [0.3, 0.4) is 0 Å². The number of halogens is 1. The summed E-state index contributed by atoms with van der Waals surface area (Å²) >= 11 is 0. The summed E-state index contributed by atoms with van der Waals surface area (Å²) in [6.07, 6.45) is 3.33. The first-order valence-corrected chi connectivity index (χ1v) is 12.6. The maximum atomic E-state index is 15.0. The van der Waals surface area contributed by atoms with E-state index in [0.29, 0.717) is 31.1 Å². The Morgan fingerprint density at radius 2 is 1.95 bits per heavy atom. The number of anilines is 2. The van der Waals surface area contributed by atoms with Crippen LogP contribution < -0.4 is 10.2 Å². The minimum Gasteiger partial charge on any atom is -0.378 e. The molecule has 4 rings (SSSR count). The van der Waals surface area contributed by atoms with E-state index in [9.17, 15) is 4.79 Å². The van der Waals surface area contributed by atoms with Crippen LogP contribution in [-0.2, 0) is 14.9 Å². The third kappa shape index (κ3) is 6.36. The average molecular weight is 517 g/mol. The average Bonchev–Trinajstić information content (AvgIpc) is 2.90. The highest BCUT2D eigenvalue weighted by Gasteiger charge is 2.20. The van der Waals surface area contributed by atoms with E-state index >= 15 is 4.39 Å². The number of carbonyl (C=O) groups excluding carboxylic acids is 1. The van der Waals surface area contributed by atoms with Crippen LogP contribution in [0.25, 0.3) is 11.1 Å². The Bertz CT molecular complexity index is 1380. The van der Waals surface area contributed by atoms with Crippen molar-refractivity contribution < 1.29 is 18.7 Å². The van der Waals surface area contributed by atoms with Gasteiger partial charge in [0.05, 0.1) is 24.6 Å². The molecule has 3 aromatic rings. The van der Waals surface area contributed by atoms with Crippen LogP contribution in [0.4, 0.5) is 15.8 Å². The minimum absolute atomic E-state index is 0.0987. The smallest absolute Gasteiger partial charge is 0.255 e. The number of aromatic nitrogens is 2. The van der Waals surface area contributed by atoms with Gasteiger partial charge in [-0.05, 0) is 54.3 Å². The van der Waals surface area contributed by atoms with Gasteiger partial charge < -0.3 is 19.7 Å². The molecule has 1 saturated heterocycles. The molecule has 0 atom stereocenters. The van der Waals surface area contributed by atoms with Crippen molar-refractivity contribution in [1.82, 2.24) is 9.97 Å². The number of hydrogen-bond acceptors (Lipinski definition) is 6. The number of nitrogens with one attached hydrogen (secondary N) is 1. The Balaban J connectivity index is 1.69. The summed E-state index contributed by atoms with van der Waals surface area (Å²) in [6.45, 7) is 10.9. The van der Waals surface area contributed by atoms with Crippen LogP contribution in [0.5, 0.6) is 0 Å². The van der Waals surface area contributed by atoms with E-state index in [4.69, 9.17) is 9.47 Å². The van der Waals surface area contributed by atoms with E-state index < -0.39 is 11.7 Å². The van der Waals surface area contributed by atoms with Crippen molar-refractivity contribution in [3.05, 3.63) is 71.1 Å². The number of amides is 1. The van der Waals surface area contributed by atoms with Crippen molar-refractivity contribution in [2.24, 2.45) is 0 Å². The monoisotopic (exact) mass is 516 g/mol. The molecule has 1 fully saturated rings. The van der Waals surface area contributed by atoms with Crippen LogP contribution in [0.15, 0.2) is 42.7 Å². The Hall–Kier alpha value is -3.80. The zero-order valence-electron chi connectivity index (χ0n) is 22.5. The van der Waals surface area contributed by atoms with Crippen LogP contribution in [0.1, 0.15) is 48.1 Å². The molecule has 0 saturated carbocycles. The Morgan fingerprint density at radius 3 is 2.66 bits per heavy atom. The van der Waals surface area contributed by atoms with Gasteiger partial charge in [-0.25, -0.2) is 9.37 Å². The number of carbonyl (C=O) groups is 1. The molecule has 3 heterocycles. The van der Waals surface area contributed by atoms with E-state index in [1.165, 1.54) is 6.07 Å². The zero-order chi connectivity index (χ0) is 27.3. The summed E-state index contributed by atoms with van der Waals surface area (Å²) in [5.74, 6) is 5.16. The van der Waals surface area contributed by atoms with E-state index in [-0.39, 0.29) is 11.1 Å². The van der Waals surface area contributed by atoms with Gasteiger partial charge in [0.15, 0.2) is 0 Å². The molecule has 7 nitrogen and oxygen atoms in total. The number of benzene rings is 1. The fraction of sp³-hybridized carbons (Fsp3) is 0.367. The van der Waals surface area contributed by atoms with Crippen LogP contribution in [0, 0.1) is 24.6 Å². The largest absolute Gasteiger partial charge is 0.378 e. The molecule has 1 N–H and O–H groups in total. The summed E-state index contributed by atoms with van der Waals surface area (Å²) in [5.41, 5.74) is 4.91. The predicted molar refractivity (Wildman–Crippen MR) is 147 cm³/mol. The predicted octanol–water partition coefficient (Wildman–Crippen LogP) is 4.98. The normalized spacial score (nSPS) is 13.6. The molecular weight excluding hydrogens is 483 g/mol. The van der Waals surface area contributed by atoms with Gasteiger partial charge in [0.1, 0.15) is 18.1 Å². The molecule has 0 radical (unpaired) electrons. The van der Waals surface area contributed by atoms with Gasteiger partial charge in [0, 0.05) is 54.8 Å². The lowest BCUT2D eigenvalue weighted by atomic mass is 9.91. The molecule has 2 aromatic heterocycles. The number of rotatable bonds is 5. The fourth-order valence-electron chi connectivity index (χ4n) is 4.19. The quantitative estimate of drug-likeness (QED) is 0.483. The molecule has 0 bridgehead atoms. The van der Waals surface area contributed by atoms with Gasteiger partial charge in [-0.2, -0.15) is 0 Å². The summed E-state index contributed by atoms with van der Waals surface area (Å²) < 4.78 is 25.6. The molecule has 8 heteroatoms. The van der Waals surface area contributed by atoms with Crippen LogP contribution in [-0.4, -0.2) is 55.9 Å². The Labute approximate surface area is 223 Å². The first-order chi connectivity index (χ1) is 18.2. The standard InChI is InChI=1S/C30H33FN4O3/c1-20-15-24(31)26(34-29(36)21-8-9-32-28(17-21)30(2,3)4)18-23(20)22-16-27(35-10-13-38-14-11-35)25(33-19-22)7-6-12-37-5/h8-9,15-19H,10-14H2,1-5H3,(H,34,36). The number of nitrogens with zero attached hydrogens (tertiary/aromatic N) is 3. The third-order valence-corrected chi connectivity index (χ3v) is 6.31. The lowest BCUT2D eigenvalue weighted by Gasteiger charge is -2.29. The van der Waals surface area contributed by atoms with E-state index in [1.807, 2.05) is 33.8 Å². The highest BCUT2D eigenvalue weighted by molar-refractivity contribution is 6.04. The number of ether oxygens (including phenoxy) is 2. The number of aryl methyl sites for hydroxylation is 1. The lowest BCUT2D eigenvalue weighted by molar-refractivity contribution is 0.102. The summed E-state index contributed by atoms with van der Waals surface area (Å²) in [4.78, 5) is 24.2. The summed E-state index contributed by atoms with van der Waals surface area (Å²) in [5, 5.41) is 2.74. The van der Waals surface area contributed by atoms with Gasteiger partial charge in [-0.1, -0.05) is 26.7 Å². The first kappa shape index (κ1) is 27.2. The first-order valence-electron chi connectivity index (χ1n) is 12.6. The van der Waals surface area contributed by atoms with Crippen molar-refractivity contribution >= 4 is 17.3 Å². The highest BCUT2D eigenvalue weighted by Crippen LogP contribution is 2.32. The third-order valence-electron chi connectivity index (χ3n) is 6.31. The van der Waals surface area contributed by atoms with Crippen molar-refractivity contribution in [2.75, 3.05) is 50.2 Å². The molecule has 1 amide bonds. The van der Waals surface area contributed by atoms with Crippen molar-refractivity contribution in [2.45, 2.75) is 33.1 Å². The molecule has 1 aromatic carbocycles. The van der Waals surface area contributed by atoms with E-state index in [2.05, 4.69) is 32.0 Å². The van der Waals surface area contributed by atoms with Crippen molar-refractivity contribution in [1.29, 1.82) is 0 Å². The molecule has 0 aliphatic carbocycles. The van der Waals surface area contributed by atoms with E-state index in [0.717, 1.165) is 41.2 Å². The Morgan fingerprint density at radius 1 is 1.18 bits per heavy atom. The van der Waals surface area contributed by atoms with Crippen molar-refractivity contribution in [3.63, 3.8) is 0 Å². The molecular formula is C30H33FN4O3. The highest BCUT2D eigenvalue weighted by atomic mass is 19.1. The lowest BCUT2D eigenvalue weighted by Crippen LogP contribution is -2.36. The van der Waals surface area contributed by atoms with E-state index in [1.54, 1.807) is 37.7 Å². The number of morpholine rings is 1. The Kier molecular flexibility index (Phi) is 8.40. The van der Waals surface area contributed by atoms with Gasteiger partial charge in [0.25, 0.3) is 5.91 Å². The fourth-order valence-corrected chi connectivity index (χ4v) is 4.19. The summed E-state index contributed by atoms with van der Waals surface area (Å²) in [7, 11) is 1.60. The SMILES string of the molecule is COCC#Cc1ncc(-c2cc(NC(=O)c3ccnc(C(C)(C)C)c3)c(F)cc2C)cc1N1CCOCC1. The molecule has 198 valence electrons.